The van der Waals surface area contributed by atoms with E-state index in [-0.39, 0.29) is 30.0 Å². The first-order valence-electron chi connectivity index (χ1n) is 10.7. The lowest BCUT2D eigenvalue weighted by atomic mass is 9.99. The summed E-state index contributed by atoms with van der Waals surface area (Å²) in [5.74, 6) is 1.15. The van der Waals surface area contributed by atoms with Crippen LogP contribution in [0.4, 0.5) is 10.5 Å². The molecule has 1 aliphatic rings. The molecule has 0 saturated carbocycles. The Morgan fingerprint density at radius 3 is 2.55 bits per heavy atom. The number of carbonyl (C=O) groups is 1. The van der Waals surface area contributed by atoms with Gasteiger partial charge in [-0.25, -0.2) is 4.79 Å². The molecule has 31 heavy (non-hydrogen) atoms. The van der Waals surface area contributed by atoms with Gasteiger partial charge >= 0.3 is 6.03 Å². The average molecular weight is 535 g/mol. The molecule has 1 unspecified atom stereocenters. The number of benzene rings is 2. The molecular weight excluding hydrogens is 501 g/mol. The zero-order valence-electron chi connectivity index (χ0n) is 18.6. The Hall–Kier alpha value is -2.29. The van der Waals surface area contributed by atoms with Crippen molar-refractivity contribution in [2.24, 2.45) is 4.99 Å². The molecule has 7 heteroatoms. The van der Waals surface area contributed by atoms with Crippen LogP contribution >= 0.6 is 24.0 Å². The van der Waals surface area contributed by atoms with Crippen molar-refractivity contribution in [2.75, 3.05) is 32.0 Å². The quantitative estimate of drug-likeness (QED) is 0.285. The predicted octanol–water partition coefficient (Wildman–Crippen LogP) is 4.71. The monoisotopic (exact) mass is 535 g/mol. The molecule has 2 amide bonds. The molecular formula is C24H34IN5O. The number of nitrogens with zero attached hydrogens (tertiary/aromatic N) is 2. The van der Waals surface area contributed by atoms with Gasteiger partial charge in [-0.1, -0.05) is 48.9 Å². The summed E-state index contributed by atoms with van der Waals surface area (Å²) in [5, 5.41) is 9.76. The maximum atomic E-state index is 12.3. The summed E-state index contributed by atoms with van der Waals surface area (Å²) in [7, 11) is 1.78. The first-order chi connectivity index (χ1) is 14.5. The van der Waals surface area contributed by atoms with Crippen LogP contribution in [-0.2, 0) is 6.54 Å². The molecule has 2 aromatic rings. The van der Waals surface area contributed by atoms with E-state index in [0.29, 0.717) is 12.5 Å². The normalized spacial score (nSPS) is 14.5. The molecule has 1 atom stereocenters. The van der Waals surface area contributed by atoms with E-state index >= 15 is 0 Å². The van der Waals surface area contributed by atoms with E-state index in [0.717, 1.165) is 49.7 Å². The number of halogens is 1. The van der Waals surface area contributed by atoms with Crippen LogP contribution in [0.5, 0.6) is 0 Å². The molecule has 0 aromatic heterocycles. The number of hydrogen-bond acceptors (Lipinski definition) is 2. The third-order valence-electron chi connectivity index (χ3n) is 5.44. The Morgan fingerprint density at radius 2 is 1.84 bits per heavy atom. The second-order valence-corrected chi connectivity index (χ2v) is 7.95. The second kappa shape index (κ2) is 12.5. The number of guanidine groups is 1. The molecule has 0 spiro atoms. The molecule has 168 valence electrons. The number of urea groups is 1. The summed E-state index contributed by atoms with van der Waals surface area (Å²) in [4.78, 5) is 18.5. The van der Waals surface area contributed by atoms with Crippen LogP contribution in [0.3, 0.4) is 0 Å². The highest BCUT2D eigenvalue weighted by atomic mass is 127. The largest absolute Gasteiger partial charge is 0.356 e. The van der Waals surface area contributed by atoms with E-state index in [1.807, 2.05) is 29.2 Å². The number of anilines is 1. The van der Waals surface area contributed by atoms with E-state index in [1.54, 1.807) is 7.05 Å². The Bertz CT molecular complexity index is 880. The fraction of sp³-hybridized carbons (Fsp3) is 0.417. The molecule has 0 bridgehead atoms. The van der Waals surface area contributed by atoms with Crippen molar-refractivity contribution < 1.29 is 4.79 Å². The minimum absolute atomic E-state index is 0. The average Bonchev–Trinajstić information content (AvgIpc) is 3.29. The minimum atomic E-state index is -0.0137. The van der Waals surface area contributed by atoms with Crippen LogP contribution in [0.25, 0.3) is 0 Å². The maximum Gasteiger partial charge on any atom is 0.321 e. The van der Waals surface area contributed by atoms with Gasteiger partial charge in [-0.2, -0.15) is 0 Å². The minimum Gasteiger partial charge on any atom is -0.356 e. The van der Waals surface area contributed by atoms with Crippen molar-refractivity contribution in [1.82, 2.24) is 15.5 Å². The molecule has 3 rings (SSSR count). The number of carbonyl (C=O) groups excluding carboxylic acids is 1. The number of nitrogens with one attached hydrogen (secondary N) is 3. The standard InChI is InChI=1S/C24H33N5O.HI/c1-18-8-6-10-21(14-18)19(2)16-26-23(25-3)27-17-20-9-7-11-22(15-20)28-24(30)29-12-4-5-13-29;/h6-11,14-15,19H,4-5,12-13,16-17H2,1-3H3,(H,28,30)(H2,25,26,27);1H. The highest BCUT2D eigenvalue weighted by Crippen LogP contribution is 2.16. The summed E-state index contributed by atoms with van der Waals surface area (Å²) < 4.78 is 0. The molecule has 2 aromatic carbocycles. The van der Waals surface area contributed by atoms with Gasteiger partial charge in [0.15, 0.2) is 5.96 Å². The highest BCUT2D eigenvalue weighted by molar-refractivity contribution is 14.0. The summed E-state index contributed by atoms with van der Waals surface area (Å²) in [6.07, 6.45) is 2.18. The van der Waals surface area contributed by atoms with Gasteiger partial charge in [0.2, 0.25) is 0 Å². The lowest BCUT2D eigenvalue weighted by Gasteiger charge is -2.18. The van der Waals surface area contributed by atoms with E-state index in [1.165, 1.54) is 11.1 Å². The molecule has 3 N–H and O–H groups in total. The first-order valence-corrected chi connectivity index (χ1v) is 10.7. The number of hydrogen-bond donors (Lipinski definition) is 3. The summed E-state index contributed by atoms with van der Waals surface area (Å²) in [6, 6.07) is 16.5. The zero-order valence-corrected chi connectivity index (χ0v) is 21.0. The summed E-state index contributed by atoms with van der Waals surface area (Å²) >= 11 is 0. The van der Waals surface area contributed by atoms with E-state index < -0.39 is 0 Å². The van der Waals surface area contributed by atoms with Gasteiger partial charge in [-0.3, -0.25) is 4.99 Å². The van der Waals surface area contributed by atoms with Crippen LogP contribution in [0.15, 0.2) is 53.5 Å². The lowest BCUT2D eigenvalue weighted by molar-refractivity contribution is 0.222. The SMILES string of the molecule is CN=C(NCc1cccc(NC(=O)N2CCCC2)c1)NCC(C)c1cccc(C)c1.I. The fourth-order valence-electron chi connectivity index (χ4n) is 3.63. The Kier molecular flexibility index (Phi) is 10.1. The van der Waals surface area contributed by atoms with Crippen molar-refractivity contribution in [3.05, 3.63) is 65.2 Å². The van der Waals surface area contributed by atoms with Crippen molar-refractivity contribution in [1.29, 1.82) is 0 Å². The van der Waals surface area contributed by atoms with Crippen LogP contribution in [-0.4, -0.2) is 43.6 Å². The topological polar surface area (TPSA) is 68.8 Å². The van der Waals surface area contributed by atoms with E-state index in [2.05, 4.69) is 59.1 Å². The molecule has 1 heterocycles. The number of rotatable bonds is 6. The highest BCUT2D eigenvalue weighted by Gasteiger charge is 2.17. The van der Waals surface area contributed by atoms with Gasteiger partial charge in [-0.05, 0) is 48.9 Å². The van der Waals surface area contributed by atoms with Gasteiger partial charge in [0.25, 0.3) is 0 Å². The second-order valence-electron chi connectivity index (χ2n) is 7.95. The fourth-order valence-corrected chi connectivity index (χ4v) is 3.63. The van der Waals surface area contributed by atoms with Gasteiger partial charge in [-0.15, -0.1) is 24.0 Å². The van der Waals surface area contributed by atoms with Crippen molar-refractivity contribution in [2.45, 2.75) is 39.2 Å². The number of amides is 2. The van der Waals surface area contributed by atoms with Crippen LogP contribution in [0.1, 0.15) is 42.4 Å². The third-order valence-corrected chi connectivity index (χ3v) is 5.44. The smallest absolute Gasteiger partial charge is 0.321 e. The van der Waals surface area contributed by atoms with Crippen molar-refractivity contribution >= 4 is 41.7 Å². The van der Waals surface area contributed by atoms with Gasteiger partial charge < -0.3 is 20.9 Å². The lowest BCUT2D eigenvalue weighted by Crippen LogP contribution is -2.38. The molecule has 6 nitrogen and oxygen atoms in total. The molecule has 0 radical (unpaired) electrons. The van der Waals surface area contributed by atoms with Crippen LogP contribution in [0.2, 0.25) is 0 Å². The van der Waals surface area contributed by atoms with E-state index in [4.69, 9.17) is 0 Å². The molecule has 0 aliphatic carbocycles. The molecule has 1 fully saturated rings. The molecule has 1 saturated heterocycles. The van der Waals surface area contributed by atoms with Gasteiger partial charge in [0.1, 0.15) is 0 Å². The van der Waals surface area contributed by atoms with Gasteiger partial charge in [0, 0.05) is 38.9 Å². The van der Waals surface area contributed by atoms with E-state index in [9.17, 15) is 4.79 Å². The number of likely N-dealkylation sites (tertiary alicyclic amines) is 1. The van der Waals surface area contributed by atoms with Crippen LogP contribution < -0.4 is 16.0 Å². The first kappa shape index (κ1) is 25.0. The number of aliphatic imine (C=N–C) groups is 1. The van der Waals surface area contributed by atoms with Crippen molar-refractivity contribution in [3.63, 3.8) is 0 Å². The molecule has 1 aliphatic heterocycles. The summed E-state index contributed by atoms with van der Waals surface area (Å²) in [6.45, 7) is 7.44. The predicted molar refractivity (Wildman–Crippen MR) is 139 cm³/mol. The maximum absolute atomic E-state index is 12.3. The number of aryl methyl sites for hydroxylation is 1. The van der Waals surface area contributed by atoms with Gasteiger partial charge in [0.05, 0.1) is 0 Å². The third kappa shape index (κ3) is 7.72. The Balaban J connectivity index is 0.00000341. The zero-order chi connectivity index (χ0) is 21.3. The Labute approximate surface area is 202 Å². The van der Waals surface area contributed by atoms with Crippen LogP contribution in [0, 0.1) is 6.92 Å². The van der Waals surface area contributed by atoms with Crippen molar-refractivity contribution in [3.8, 4) is 0 Å². The summed E-state index contributed by atoms with van der Waals surface area (Å²) in [5.41, 5.74) is 4.50. The Morgan fingerprint density at radius 1 is 1.10 bits per heavy atom.